The predicted octanol–water partition coefficient (Wildman–Crippen LogP) is 3.72. The SMILES string of the molecule is COc1ccccc1C(=O)Cc1cn2cc(C34COC(CF)(C3)C4)nc2c(OC(C)C)n1. The third kappa shape index (κ3) is 3.33. The van der Waals surface area contributed by atoms with E-state index in [1.54, 1.807) is 31.5 Å². The number of hydrogen-bond acceptors (Lipinski definition) is 6. The first kappa shape index (κ1) is 20.9. The minimum Gasteiger partial charge on any atom is -0.496 e. The van der Waals surface area contributed by atoms with E-state index >= 15 is 0 Å². The first-order valence-electron chi connectivity index (χ1n) is 10.8. The molecule has 1 aromatic carbocycles. The van der Waals surface area contributed by atoms with Gasteiger partial charge in [-0.05, 0) is 38.8 Å². The molecule has 2 bridgehead atoms. The lowest BCUT2D eigenvalue weighted by Crippen LogP contribution is -2.48. The zero-order valence-electron chi connectivity index (χ0n) is 18.4. The molecule has 32 heavy (non-hydrogen) atoms. The molecule has 8 heteroatoms. The van der Waals surface area contributed by atoms with Gasteiger partial charge in [0.25, 0.3) is 5.88 Å². The molecule has 0 N–H and O–H groups in total. The molecule has 0 radical (unpaired) electrons. The van der Waals surface area contributed by atoms with Crippen molar-refractivity contribution in [3.8, 4) is 11.6 Å². The van der Waals surface area contributed by atoms with Crippen molar-refractivity contribution in [2.45, 2.75) is 50.2 Å². The predicted molar refractivity (Wildman–Crippen MR) is 115 cm³/mol. The van der Waals surface area contributed by atoms with Crippen LogP contribution in [0.2, 0.25) is 0 Å². The Morgan fingerprint density at radius 3 is 2.72 bits per heavy atom. The Balaban J connectivity index is 1.50. The fourth-order valence-electron chi connectivity index (χ4n) is 4.86. The van der Waals surface area contributed by atoms with Gasteiger partial charge in [-0.3, -0.25) is 4.79 Å². The molecular weight excluding hydrogens is 413 g/mol. The monoisotopic (exact) mass is 439 g/mol. The van der Waals surface area contributed by atoms with E-state index in [0.29, 0.717) is 48.0 Å². The Hall–Kier alpha value is -3.00. The quantitative estimate of drug-likeness (QED) is 0.498. The summed E-state index contributed by atoms with van der Waals surface area (Å²) in [6.07, 6.45) is 4.98. The Labute approximate surface area is 185 Å². The van der Waals surface area contributed by atoms with Crippen LogP contribution in [0.25, 0.3) is 5.65 Å². The molecule has 0 spiro atoms. The van der Waals surface area contributed by atoms with Crippen molar-refractivity contribution < 1.29 is 23.4 Å². The summed E-state index contributed by atoms with van der Waals surface area (Å²) in [7, 11) is 1.54. The van der Waals surface area contributed by atoms with Crippen molar-refractivity contribution in [2.24, 2.45) is 0 Å². The lowest BCUT2D eigenvalue weighted by molar-refractivity contribution is -0.0235. The highest BCUT2D eigenvalue weighted by molar-refractivity contribution is 5.99. The molecule has 3 aliphatic rings. The van der Waals surface area contributed by atoms with Crippen LogP contribution in [0, 0.1) is 0 Å². The van der Waals surface area contributed by atoms with Gasteiger partial charge in [0.15, 0.2) is 5.78 Å². The number of carbonyl (C=O) groups excluding carboxylic acids is 1. The molecule has 0 atom stereocenters. The maximum Gasteiger partial charge on any atom is 0.258 e. The summed E-state index contributed by atoms with van der Waals surface area (Å²) in [5.74, 6) is 0.812. The number of alkyl halides is 1. The van der Waals surface area contributed by atoms with E-state index in [0.717, 1.165) is 5.69 Å². The van der Waals surface area contributed by atoms with E-state index in [2.05, 4.69) is 4.98 Å². The van der Waals surface area contributed by atoms with Gasteiger partial charge in [-0.1, -0.05) is 12.1 Å². The van der Waals surface area contributed by atoms with Gasteiger partial charge in [0, 0.05) is 17.8 Å². The van der Waals surface area contributed by atoms with Crippen LogP contribution in [0.4, 0.5) is 4.39 Å². The second-order valence-corrected chi connectivity index (χ2v) is 9.10. The normalized spacial score (nSPS) is 24.0. The minimum atomic E-state index is -0.641. The molecule has 1 aliphatic carbocycles. The van der Waals surface area contributed by atoms with Crippen LogP contribution < -0.4 is 9.47 Å². The number of ether oxygens (including phenoxy) is 3. The van der Waals surface area contributed by atoms with Crippen molar-refractivity contribution in [1.82, 2.24) is 14.4 Å². The smallest absolute Gasteiger partial charge is 0.258 e. The number of halogens is 1. The largest absolute Gasteiger partial charge is 0.496 e. The van der Waals surface area contributed by atoms with E-state index in [-0.39, 0.29) is 23.7 Å². The molecule has 3 fully saturated rings. The van der Waals surface area contributed by atoms with Crippen LogP contribution in [0.15, 0.2) is 36.7 Å². The number of para-hydroxylation sites is 1. The molecule has 168 valence electrons. The first-order valence-corrected chi connectivity index (χ1v) is 10.8. The second-order valence-electron chi connectivity index (χ2n) is 9.10. The lowest BCUT2D eigenvalue weighted by atomic mass is 9.61. The molecule has 1 saturated carbocycles. The Kier molecular flexibility index (Phi) is 4.93. The van der Waals surface area contributed by atoms with Gasteiger partial charge in [0.2, 0.25) is 5.65 Å². The maximum absolute atomic E-state index is 13.4. The third-order valence-electron chi connectivity index (χ3n) is 6.32. The van der Waals surface area contributed by atoms with Crippen molar-refractivity contribution >= 4 is 11.4 Å². The molecule has 2 saturated heterocycles. The summed E-state index contributed by atoms with van der Waals surface area (Å²) in [6, 6.07) is 7.14. The van der Waals surface area contributed by atoms with Gasteiger partial charge >= 0.3 is 0 Å². The van der Waals surface area contributed by atoms with Crippen LogP contribution in [0.5, 0.6) is 11.6 Å². The standard InChI is InChI=1S/C24H26FN3O4/c1-15(2)32-22-21-27-20(23-11-24(12-23,13-25)31-14-23)10-28(21)9-16(26-22)8-18(29)17-6-4-5-7-19(17)30-3/h4-7,9-10,15H,8,11-14H2,1-3H3. The first-order chi connectivity index (χ1) is 15.4. The lowest BCUT2D eigenvalue weighted by Gasteiger charge is -2.41. The van der Waals surface area contributed by atoms with Crippen LogP contribution in [-0.2, 0) is 16.6 Å². The van der Waals surface area contributed by atoms with E-state index in [4.69, 9.17) is 19.2 Å². The van der Waals surface area contributed by atoms with Crippen LogP contribution in [0.3, 0.4) is 0 Å². The van der Waals surface area contributed by atoms with E-state index in [1.165, 1.54) is 0 Å². The summed E-state index contributed by atoms with van der Waals surface area (Å²) in [4.78, 5) is 22.4. The zero-order valence-corrected chi connectivity index (χ0v) is 18.4. The Morgan fingerprint density at radius 1 is 1.25 bits per heavy atom. The molecule has 2 aromatic heterocycles. The van der Waals surface area contributed by atoms with Crippen molar-refractivity contribution in [1.29, 1.82) is 0 Å². The number of hydrogen-bond donors (Lipinski definition) is 0. The number of benzene rings is 1. The topological polar surface area (TPSA) is 75.0 Å². The fraction of sp³-hybridized carbons (Fsp3) is 0.458. The number of aromatic nitrogens is 3. The van der Waals surface area contributed by atoms with Crippen molar-refractivity contribution in [3.05, 3.63) is 53.6 Å². The average Bonchev–Trinajstić information content (AvgIpc) is 3.45. The second kappa shape index (κ2) is 7.55. The summed E-state index contributed by atoms with van der Waals surface area (Å²) in [6.45, 7) is 3.83. The van der Waals surface area contributed by atoms with E-state index in [9.17, 15) is 9.18 Å². The number of imidazole rings is 1. The fourth-order valence-corrected chi connectivity index (χ4v) is 4.86. The molecule has 3 aromatic rings. The van der Waals surface area contributed by atoms with Gasteiger partial charge in [0.1, 0.15) is 12.4 Å². The number of fused-ring (bicyclic) bond motifs is 2. The Bertz CT molecular complexity index is 1180. The van der Waals surface area contributed by atoms with Crippen LogP contribution in [-0.4, -0.2) is 52.2 Å². The summed E-state index contributed by atoms with van der Waals surface area (Å²) >= 11 is 0. The highest BCUT2D eigenvalue weighted by Crippen LogP contribution is 2.58. The molecular formula is C24H26FN3O4. The highest BCUT2D eigenvalue weighted by atomic mass is 19.1. The van der Waals surface area contributed by atoms with Crippen LogP contribution >= 0.6 is 0 Å². The molecule has 0 unspecified atom stereocenters. The zero-order chi connectivity index (χ0) is 22.5. The number of ketones is 1. The number of nitrogens with zero attached hydrogens (tertiary/aromatic N) is 3. The summed E-state index contributed by atoms with van der Waals surface area (Å²) < 4.78 is 32.2. The highest BCUT2D eigenvalue weighted by Gasteiger charge is 2.64. The number of methoxy groups -OCH3 is 1. The summed E-state index contributed by atoms with van der Waals surface area (Å²) in [5.41, 5.74) is 1.61. The average molecular weight is 439 g/mol. The van der Waals surface area contributed by atoms with Gasteiger partial charge in [-0.15, -0.1) is 0 Å². The minimum absolute atomic E-state index is 0.0947. The molecule has 4 heterocycles. The van der Waals surface area contributed by atoms with Gasteiger partial charge in [0.05, 0.1) is 48.8 Å². The van der Waals surface area contributed by atoms with Gasteiger partial charge in [-0.25, -0.2) is 14.4 Å². The number of rotatable bonds is 8. The van der Waals surface area contributed by atoms with Crippen molar-refractivity contribution in [2.75, 3.05) is 20.4 Å². The molecule has 6 rings (SSSR count). The van der Waals surface area contributed by atoms with Gasteiger partial charge in [-0.2, -0.15) is 0 Å². The van der Waals surface area contributed by atoms with Gasteiger partial charge < -0.3 is 18.6 Å². The molecule has 0 amide bonds. The molecule has 2 aliphatic heterocycles. The summed E-state index contributed by atoms with van der Waals surface area (Å²) in [5, 5.41) is 0. The number of Topliss-reactive ketones (excluding diaryl/α,β-unsaturated/α-hetero) is 1. The Morgan fingerprint density at radius 2 is 2.03 bits per heavy atom. The number of carbonyl (C=O) groups is 1. The maximum atomic E-state index is 13.4. The van der Waals surface area contributed by atoms with Crippen LogP contribution in [0.1, 0.15) is 48.4 Å². The molecule has 7 nitrogen and oxygen atoms in total. The van der Waals surface area contributed by atoms with E-state index < -0.39 is 12.3 Å². The van der Waals surface area contributed by atoms with Crippen molar-refractivity contribution in [3.63, 3.8) is 0 Å². The van der Waals surface area contributed by atoms with E-state index in [1.807, 2.05) is 30.5 Å². The third-order valence-corrected chi connectivity index (χ3v) is 6.32.